The molecule has 0 bridgehead atoms. The zero-order chi connectivity index (χ0) is 17.9. The van der Waals surface area contributed by atoms with Crippen molar-refractivity contribution in [1.82, 2.24) is 14.8 Å². The molecule has 1 aliphatic rings. The van der Waals surface area contributed by atoms with Crippen LogP contribution in [0.5, 0.6) is 0 Å². The second-order valence-corrected chi connectivity index (χ2v) is 6.44. The zero-order valence-corrected chi connectivity index (χ0v) is 16.6. The molecule has 0 amide bonds. The van der Waals surface area contributed by atoms with Gasteiger partial charge < -0.3 is 9.80 Å². The largest absolute Gasteiger partial charge is 0.304 e. The molecular formula is C17H35ClN6. The Hall–Kier alpha value is -0.690. The molecule has 1 atom stereocenters. The maximum absolute atomic E-state index is 6.26. The van der Waals surface area contributed by atoms with E-state index in [0.717, 1.165) is 76.6 Å². The van der Waals surface area contributed by atoms with Crippen LogP contribution in [0.3, 0.4) is 0 Å². The predicted molar refractivity (Wildman–Crippen MR) is 105 cm³/mol. The van der Waals surface area contributed by atoms with Crippen molar-refractivity contribution in [3.8, 4) is 0 Å². The molecule has 0 aromatic heterocycles. The molecule has 0 fully saturated rings. The van der Waals surface area contributed by atoms with E-state index in [9.17, 15) is 0 Å². The van der Waals surface area contributed by atoms with Gasteiger partial charge in [-0.2, -0.15) is 0 Å². The number of hydrogen-bond acceptors (Lipinski definition) is 6. The third-order valence-corrected chi connectivity index (χ3v) is 4.89. The second kappa shape index (κ2) is 11.8. The van der Waals surface area contributed by atoms with E-state index in [4.69, 9.17) is 17.4 Å². The van der Waals surface area contributed by atoms with Crippen LogP contribution in [0.2, 0.25) is 0 Å². The van der Waals surface area contributed by atoms with E-state index in [0.29, 0.717) is 0 Å². The second-order valence-electron chi connectivity index (χ2n) is 6.05. The first kappa shape index (κ1) is 21.4. The lowest BCUT2D eigenvalue weighted by Gasteiger charge is -2.28. The molecule has 0 aromatic rings. The van der Waals surface area contributed by atoms with Crippen molar-refractivity contribution < 1.29 is 0 Å². The van der Waals surface area contributed by atoms with E-state index >= 15 is 0 Å². The van der Waals surface area contributed by atoms with E-state index in [-0.39, 0.29) is 0 Å². The lowest BCUT2D eigenvalue weighted by atomic mass is 10.2. The van der Waals surface area contributed by atoms with E-state index in [2.05, 4.69) is 47.5 Å². The number of hydrogen-bond donors (Lipinski definition) is 1. The molecule has 0 spiro atoms. The van der Waals surface area contributed by atoms with Crippen molar-refractivity contribution in [2.75, 3.05) is 39.3 Å². The summed E-state index contributed by atoms with van der Waals surface area (Å²) in [7, 11) is 0. The minimum Gasteiger partial charge on any atom is -0.304 e. The molecule has 0 aromatic carbocycles. The highest BCUT2D eigenvalue weighted by Gasteiger charge is 2.21. The third kappa shape index (κ3) is 7.05. The Bertz CT molecular complexity index is 404. The summed E-state index contributed by atoms with van der Waals surface area (Å²) in [6, 6.07) is 0. The van der Waals surface area contributed by atoms with Gasteiger partial charge in [0.1, 0.15) is 11.7 Å². The van der Waals surface area contributed by atoms with Crippen LogP contribution >= 0.6 is 11.6 Å². The van der Waals surface area contributed by atoms with Crippen LogP contribution in [0.4, 0.5) is 0 Å². The van der Waals surface area contributed by atoms with E-state index in [1.807, 2.05) is 0 Å². The predicted octanol–water partition coefficient (Wildman–Crippen LogP) is 2.74. The first-order valence-electron chi connectivity index (χ1n) is 9.32. The van der Waals surface area contributed by atoms with Gasteiger partial charge in [-0.3, -0.25) is 5.01 Å². The Kier molecular flexibility index (Phi) is 10.5. The van der Waals surface area contributed by atoms with E-state index in [1.165, 1.54) is 5.01 Å². The standard InChI is InChI=1S/C17H35ClN6/c1-5-22(6-2)13-9-11-15-20-16(24(19)17(18)21-15)12-10-14-23(7-3)8-4/h17H,5-14,19H2,1-4H3. The third-order valence-electron chi connectivity index (χ3n) is 4.58. The van der Waals surface area contributed by atoms with Gasteiger partial charge in [-0.15, -0.1) is 0 Å². The Morgan fingerprint density at radius 1 is 0.958 bits per heavy atom. The van der Waals surface area contributed by atoms with Crippen LogP contribution in [0.15, 0.2) is 9.98 Å². The van der Waals surface area contributed by atoms with Gasteiger partial charge >= 0.3 is 0 Å². The van der Waals surface area contributed by atoms with Gasteiger partial charge in [-0.1, -0.05) is 39.3 Å². The Balaban J connectivity index is 2.51. The van der Waals surface area contributed by atoms with Crippen LogP contribution in [0.25, 0.3) is 0 Å². The number of aliphatic imine (C=N–C) groups is 2. The maximum Gasteiger partial charge on any atom is 0.213 e. The minimum atomic E-state index is -0.533. The Morgan fingerprint density at radius 3 is 1.96 bits per heavy atom. The van der Waals surface area contributed by atoms with Crippen molar-refractivity contribution in [2.45, 2.75) is 59.0 Å². The monoisotopic (exact) mass is 358 g/mol. The molecule has 0 aliphatic carbocycles. The summed E-state index contributed by atoms with van der Waals surface area (Å²) in [5.74, 6) is 7.72. The fraction of sp³-hybridized carbons (Fsp3) is 0.882. The summed E-state index contributed by atoms with van der Waals surface area (Å²) in [6.45, 7) is 15.2. The highest BCUT2D eigenvalue weighted by molar-refractivity contribution is 6.22. The van der Waals surface area contributed by atoms with Crippen molar-refractivity contribution in [1.29, 1.82) is 0 Å². The van der Waals surface area contributed by atoms with Gasteiger partial charge in [0.15, 0.2) is 0 Å². The number of nitrogens with zero attached hydrogens (tertiary/aromatic N) is 5. The number of halogens is 1. The molecule has 140 valence electrons. The van der Waals surface area contributed by atoms with Crippen LogP contribution < -0.4 is 5.84 Å². The molecule has 24 heavy (non-hydrogen) atoms. The van der Waals surface area contributed by atoms with E-state index in [1.54, 1.807) is 0 Å². The van der Waals surface area contributed by atoms with Crippen LogP contribution in [-0.4, -0.2) is 71.4 Å². The molecule has 1 unspecified atom stereocenters. The number of alkyl halides is 1. The lowest BCUT2D eigenvalue weighted by molar-refractivity contribution is 0.298. The van der Waals surface area contributed by atoms with Crippen LogP contribution in [0, 0.1) is 0 Å². The van der Waals surface area contributed by atoms with Crippen molar-refractivity contribution in [2.24, 2.45) is 15.8 Å². The van der Waals surface area contributed by atoms with Gasteiger partial charge in [0.05, 0.1) is 0 Å². The molecule has 1 heterocycles. The fourth-order valence-corrected chi connectivity index (χ4v) is 3.08. The van der Waals surface area contributed by atoms with Crippen molar-refractivity contribution in [3.05, 3.63) is 0 Å². The first-order chi connectivity index (χ1) is 11.5. The van der Waals surface area contributed by atoms with Crippen molar-refractivity contribution >= 4 is 23.3 Å². The molecule has 0 radical (unpaired) electrons. The molecular weight excluding hydrogens is 324 g/mol. The first-order valence-corrected chi connectivity index (χ1v) is 9.76. The molecule has 0 saturated heterocycles. The summed E-state index contributed by atoms with van der Waals surface area (Å²) in [5.41, 5.74) is -0.533. The molecule has 6 nitrogen and oxygen atoms in total. The van der Waals surface area contributed by atoms with Crippen LogP contribution in [0.1, 0.15) is 53.4 Å². The number of nitrogens with two attached hydrogens (primary N) is 1. The Morgan fingerprint density at radius 2 is 1.46 bits per heavy atom. The normalized spacial score (nSPS) is 18.3. The topological polar surface area (TPSA) is 60.5 Å². The van der Waals surface area contributed by atoms with Gasteiger partial charge in [0.25, 0.3) is 0 Å². The summed E-state index contributed by atoms with van der Waals surface area (Å²) >= 11 is 6.26. The quantitative estimate of drug-likeness (QED) is 0.331. The SMILES string of the molecule is CCN(CC)CCCC1=NC(Cl)N(N)C(CCCN(CC)CC)=N1. The summed E-state index contributed by atoms with van der Waals surface area (Å²) in [6.07, 6.45) is 3.77. The lowest BCUT2D eigenvalue weighted by Crippen LogP contribution is -2.45. The zero-order valence-electron chi connectivity index (χ0n) is 15.8. The average molecular weight is 359 g/mol. The summed E-state index contributed by atoms with van der Waals surface area (Å²) < 4.78 is 0. The molecule has 1 aliphatic heterocycles. The summed E-state index contributed by atoms with van der Waals surface area (Å²) in [5, 5.41) is 1.50. The van der Waals surface area contributed by atoms with Crippen molar-refractivity contribution in [3.63, 3.8) is 0 Å². The number of hydrazine groups is 1. The van der Waals surface area contributed by atoms with Gasteiger partial charge in [0.2, 0.25) is 5.62 Å². The van der Waals surface area contributed by atoms with Crippen LogP contribution in [-0.2, 0) is 0 Å². The number of rotatable bonds is 12. The molecule has 2 N–H and O–H groups in total. The molecule has 1 rings (SSSR count). The smallest absolute Gasteiger partial charge is 0.213 e. The summed E-state index contributed by atoms with van der Waals surface area (Å²) in [4.78, 5) is 13.9. The van der Waals surface area contributed by atoms with Gasteiger partial charge in [-0.05, 0) is 52.1 Å². The maximum atomic E-state index is 6.26. The molecule has 0 saturated carbocycles. The Labute approximate surface area is 152 Å². The fourth-order valence-electron chi connectivity index (χ4n) is 2.85. The minimum absolute atomic E-state index is 0.533. The van der Waals surface area contributed by atoms with Gasteiger partial charge in [0, 0.05) is 12.8 Å². The van der Waals surface area contributed by atoms with Gasteiger partial charge in [-0.25, -0.2) is 15.8 Å². The number of amidine groups is 2. The average Bonchev–Trinajstić information content (AvgIpc) is 2.59. The highest BCUT2D eigenvalue weighted by atomic mass is 35.5. The van der Waals surface area contributed by atoms with E-state index < -0.39 is 5.62 Å². The molecule has 7 heteroatoms. The highest BCUT2D eigenvalue weighted by Crippen LogP contribution is 2.15.